The van der Waals surface area contributed by atoms with Gasteiger partial charge in [-0.05, 0) is 47.5 Å². The van der Waals surface area contributed by atoms with Gasteiger partial charge in [0.25, 0.3) is 6.10 Å². The predicted octanol–water partition coefficient (Wildman–Crippen LogP) is 7.30. The first-order valence-corrected chi connectivity index (χ1v) is 9.81. The van der Waals surface area contributed by atoms with Crippen molar-refractivity contribution < 1.29 is 36.2 Å². The van der Waals surface area contributed by atoms with Crippen LogP contribution in [0.3, 0.4) is 0 Å². The van der Waals surface area contributed by atoms with E-state index < -0.39 is 24.2 Å². The number of imidazole rings is 1. The molecule has 0 radical (unpaired) electrons. The van der Waals surface area contributed by atoms with Gasteiger partial charge in [-0.1, -0.05) is 36.9 Å². The summed E-state index contributed by atoms with van der Waals surface area (Å²) in [5, 5.41) is 9.85. The van der Waals surface area contributed by atoms with Crippen LogP contribution in [0.2, 0.25) is 0 Å². The molecule has 1 aromatic heterocycles. The van der Waals surface area contributed by atoms with E-state index in [1.165, 1.54) is 12.1 Å². The quantitative estimate of drug-likeness (QED) is 0.234. The van der Waals surface area contributed by atoms with Crippen molar-refractivity contribution in [1.29, 1.82) is 0 Å². The molecule has 1 heterocycles. The summed E-state index contributed by atoms with van der Waals surface area (Å²) in [4.78, 5) is 7.50. The van der Waals surface area contributed by atoms with E-state index in [9.17, 15) is 31.4 Å². The van der Waals surface area contributed by atoms with Gasteiger partial charge in [-0.3, -0.25) is 0 Å². The number of nitrogens with one attached hydrogen (secondary N) is 1. The van der Waals surface area contributed by atoms with E-state index in [1.54, 1.807) is 24.3 Å². The molecule has 4 aromatic rings. The molecule has 0 unspecified atom stereocenters. The van der Waals surface area contributed by atoms with E-state index in [-0.39, 0.29) is 5.76 Å². The van der Waals surface area contributed by atoms with Crippen molar-refractivity contribution in [2.24, 2.45) is 0 Å². The number of halogens is 6. The Morgan fingerprint density at radius 2 is 1.50 bits per heavy atom. The summed E-state index contributed by atoms with van der Waals surface area (Å²) in [6.07, 6.45) is -15.1. The second-order valence-electron chi connectivity index (χ2n) is 7.42. The first-order chi connectivity index (χ1) is 15.9. The number of aliphatic hydroxyl groups excluding tert-OH is 1. The Morgan fingerprint density at radius 1 is 0.882 bits per heavy atom. The minimum Gasteiger partial charge on any atom is -0.508 e. The average molecular weight is 478 g/mol. The number of rotatable bonds is 5. The summed E-state index contributed by atoms with van der Waals surface area (Å²) in [6, 6.07) is 17.1. The maximum atomic E-state index is 12.7. The number of fused-ring (bicyclic) bond motifs is 1. The van der Waals surface area contributed by atoms with Gasteiger partial charge in [0, 0.05) is 11.1 Å². The molecular weight excluding hydrogens is 462 g/mol. The average Bonchev–Trinajstić information content (AvgIpc) is 3.19. The maximum absolute atomic E-state index is 12.7. The first-order valence-electron chi connectivity index (χ1n) is 9.81. The van der Waals surface area contributed by atoms with E-state index in [0.717, 1.165) is 23.3 Å². The highest BCUT2D eigenvalue weighted by molar-refractivity contribution is 5.87. The molecule has 2 N–H and O–H groups in total. The standard InChI is InChI=1S/C24H16F6N2O2/c1-13(33)17-4-2-3-5-18(17)15-8-11-19-20(12-15)32-21(31-19)14-6-9-16(10-7-14)34-22(23(25,26)27)24(28,29)30/h2-12,22,33H,1H2,(H,31,32). The number of ether oxygens (including phenoxy) is 1. The molecule has 4 rings (SSSR count). The van der Waals surface area contributed by atoms with E-state index in [0.29, 0.717) is 28.0 Å². The third kappa shape index (κ3) is 4.70. The third-order valence-electron chi connectivity index (χ3n) is 5.01. The monoisotopic (exact) mass is 478 g/mol. The highest BCUT2D eigenvalue weighted by Gasteiger charge is 2.59. The van der Waals surface area contributed by atoms with E-state index >= 15 is 0 Å². The van der Waals surface area contributed by atoms with Gasteiger partial charge in [0.2, 0.25) is 0 Å². The van der Waals surface area contributed by atoms with Gasteiger partial charge in [0.15, 0.2) is 0 Å². The van der Waals surface area contributed by atoms with E-state index in [2.05, 4.69) is 21.3 Å². The molecule has 0 fully saturated rings. The fourth-order valence-electron chi connectivity index (χ4n) is 3.45. The Labute approximate surface area is 189 Å². The zero-order valence-corrected chi connectivity index (χ0v) is 17.2. The number of H-pyrrole nitrogens is 1. The molecule has 0 saturated carbocycles. The van der Waals surface area contributed by atoms with Crippen LogP contribution in [-0.2, 0) is 0 Å². The number of nitrogens with zero attached hydrogens (tertiary/aromatic N) is 1. The number of aromatic amines is 1. The first kappa shape index (κ1) is 23.2. The molecular formula is C24H16F6N2O2. The second-order valence-corrected chi connectivity index (χ2v) is 7.42. The molecule has 0 spiro atoms. The topological polar surface area (TPSA) is 58.1 Å². The lowest BCUT2D eigenvalue weighted by Gasteiger charge is -2.23. The fourth-order valence-corrected chi connectivity index (χ4v) is 3.45. The van der Waals surface area contributed by atoms with Gasteiger partial charge in [0.1, 0.15) is 17.3 Å². The van der Waals surface area contributed by atoms with Crippen LogP contribution in [0, 0.1) is 0 Å². The van der Waals surface area contributed by atoms with Crippen molar-refractivity contribution >= 4 is 16.8 Å². The number of aliphatic hydroxyl groups is 1. The molecule has 34 heavy (non-hydrogen) atoms. The smallest absolute Gasteiger partial charge is 0.434 e. The molecule has 0 atom stereocenters. The summed E-state index contributed by atoms with van der Waals surface area (Å²) in [6.45, 7) is 3.57. The summed E-state index contributed by atoms with van der Waals surface area (Å²) < 4.78 is 80.4. The fraction of sp³-hybridized carbons (Fsp3) is 0.125. The van der Waals surface area contributed by atoms with Gasteiger partial charge in [-0.2, -0.15) is 26.3 Å². The number of aromatic nitrogens is 2. The lowest BCUT2D eigenvalue weighted by Crippen LogP contribution is -2.46. The molecule has 0 aliphatic rings. The zero-order chi connectivity index (χ0) is 24.7. The summed E-state index contributed by atoms with van der Waals surface area (Å²) >= 11 is 0. The normalized spacial score (nSPS) is 12.3. The van der Waals surface area contributed by atoms with Crippen LogP contribution in [0.5, 0.6) is 5.75 Å². The summed E-state index contributed by atoms with van der Waals surface area (Å²) in [5.41, 5.74) is 3.76. The number of benzene rings is 3. The zero-order valence-electron chi connectivity index (χ0n) is 17.2. The SMILES string of the molecule is C=C(O)c1ccccc1-c1ccc2nc(-c3ccc(OC(C(F)(F)F)C(F)(F)F)cc3)[nH]c2c1. The Bertz CT molecular complexity index is 1330. The van der Waals surface area contributed by atoms with E-state index in [1.807, 2.05) is 18.2 Å². The Morgan fingerprint density at radius 3 is 2.12 bits per heavy atom. The lowest BCUT2D eigenvalue weighted by molar-refractivity contribution is -0.299. The molecule has 0 saturated heterocycles. The van der Waals surface area contributed by atoms with Crippen molar-refractivity contribution in [3.63, 3.8) is 0 Å². The molecule has 4 nitrogen and oxygen atoms in total. The number of hydrogen-bond donors (Lipinski definition) is 2. The van der Waals surface area contributed by atoms with Gasteiger partial charge < -0.3 is 14.8 Å². The number of hydrogen-bond acceptors (Lipinski definition) is 3. The van der Waals surface area contributed by atoms with Gasteiger partial charge in [0.05, 0.1) is 11.0 Å². The molecule has 10 heteroatoms. The minimum atomic E-state index is -5.60. The van der Waals surface area contributed by atoms with Crippen LogP contribution in [0.4, 0.5) is 26.3 Å². The van der Waals surface area contributed by atoms with Crippen LogP contribution in [0.25, 0.3) is 39.3 Å². The number of alkyl halides is 6. The molecule has 0 aliphatic heterocycles. The second kappa shape index (κ2) is 8.44. The van der Waals surface area contributed by atoms with Gasteiger partial charge >= 0.3 is 12.4 Å². The van der Waals surface area contributed by atoms with Crippen LogP contribution in [0.1, 0.15) is 5.56 Å². The van der Waals surface area contributed by atoms with E-state index in [4.69, 9.17) is 0 Å². The van der Waals surface area contributed by atoms with Crippen LogP contribution < -0.4 is 4.74 Å². The molecule has 0 aliphatic carbocycles. The molecule has 0 bridgehead atoms. The van der Waals surface area contributed by atoms with Crippen molar-refractivity contribution in [2.45, 2.75) is 18.5 Å². The van der Waals surface area contributed by atoms with Crippen LogP contribution in [-0.4, -0.2) is 33.5 Å². The lowest BCUT2D eigenvalue weighted by atomic mass is 9.98. The van der Waals surface area contributed by atoms with Crippen molar-refractivity contribution in [1.82, 2.24) is 9.97 Å². The van der Waals surface area contributed by atoms with Crippen molar-refractivity contribution in [3.05, 3.63) is 78.9 Å². The van der Waals surface area contributed by atoms with Crippen LogP contribution >= 0.6 is 0 Å². The van der Waals surface area contributed by atoms with Crippen molar-refractivity contribution in [3.8, 4) is 28.3 Å². The van der Waals surface area contributed by atoms with Crippen LogP contribution in [0.15, 0.2) is 73.3 Å². The molecule has 3 aromatic carbocycles. The van der Waals surface area contributed by atoms with Crippen molar-refractivity contribution in [2.75, 3.05) is 0 Å². The minimum absolute atomic E-state index is 0.0819. The van der Waals surface area contributed by atoms with Gasteiger partial charge in [-0.15, -0.1) is 0 Å². The predicted molar refractivity (Wildman–Crippen MR) is 115 cm³/mol. The Balaban J connectivity index is 1.62. The molecule has 176 valence electrons. The highest BCUT2D eigenvalue weighted by Crippen LogP contribution is 2.37. The summed E-state index contributed by atoms with van der Waals surface area (Å²) in [7, 11) is 0. The molecule has 0 amide bonds. The van der Waals surface area contributed by atoms with Gasteiger partial charge in [-0.25, -0.2) is 4.98 Å². The third-order valence-corrected chi connectivity index (χ3v) is 5.01. The Hall–Kier alpha value is -3.95. The summed E-state index contributed by atoms with van der Waals surface area (Å²) in [5.74, 6) is -0.300. The largest absolute Gasteiger partial charge is 0.508 e. The Kier molecular flexibility index (Phi) is 5.76. The highest BCUT2D eigenvalue weighted by atomic mass is 19.4. The maximum Gasteiger partial charge on any atom is 0.434 e.